The lowest BCUT2D eigenvalue weighted by Crippen LogP contribution is -1.97. The maximum absolute atomic E-state index is 5.09. The Morgan fingerprint density at radius 2 is 1.76 bits per heavy atom. The lowest BCUT2D eigenvalue weighted by atomic mass is 10.3. The molecule has 0 aliphatic heterocycles. The minimum Gasteiger partial charge on any atom is -0.497 e. The van der Waals surface area contributed by atoms with Gasteiger partial charge in [-0.15, -0.1) is 0 Å². The molecule has 0 fully saturated rings. The Bertz CT molecular complexity index is 420. The van der Waals surface area contributed by atoms with E-state index in [9.17, 15) is 0 Å². The van der Waals surface area contributed by atoms with E-state index in [1.165, 1.54) is 0 Å². The van der Waals surface area contributed by atoms with Crippen LogP contribution in [0.1, 0.15) is 12.5 Å². The summed E-state index contributed by atoms with van der Waals surface area (Å²) in [5.41, 5.74) is 2.07. The molecule has 0 saturated carbocycles. The molecule has 0 atom stereocenters. The molecule has 0 radical (unpaired) electrons. The zero-order chi connectivity index (χ0) is 12.1. The molecule has 4 nitrogen and oxygen atoms in total. The average Bonchev–Trinajstić information content (AvgIpc) is 2.40. The van der Waals surface area contributed by atoms with E-state index in [1.54, 1.807) is 7.11 Å². The zero-order valence-corrected chi connectivity index (χ0v) is 9.97. The van der Waals surface area contributed by atoms with Crippen LogP contribution in [-0.4, -0.2) is 17.1 Å². The van der Waals surface area contributed by atoms with Crippen molar-refractivity contribution in [1.29, 1.82) is 0 Å². The fraction of sp³-hybridized carbons (Fsp3) is 0.231. The number of nitrogens with zero attached hydrogens (tertiary/aromatic N) is 2. The van der Waals surface area contributed by atoms with Crippen molar-refractivity contribution < 1.29 is 4.74 Å². The highest BCUT2D eigenvalue weighted by Gasteiger charge is 1.98. The number of nitrogens with one attached hydrogen (secondary N) is 1. The first-order valence-electron chi connectivity index (χ1n) is 5.54. The van der Waals surface area contributed by atoms with Gasteiger partial charge < -0.3 is 10.1 Å². The average molecular weight is 229 g/mol. The van der Waals surface area contributed by atoms with Crippen molar-refractivity contribution in [1.82, 2.24) is 9.97 Å². The first-order chi connectivity index (χ1) is 8.31. The summed E-state index contributed by atoms with van der Waals surface area (Å²) in [6.45, 7) is 2.08. The summed E-state index contributed by atoms with van der Waals surface area (Å²) in [6, 6.07) is 7.64. The number of aromatic nitrogens is 2. The largest absolute Gasteiger partial charge is 0.497 e. The highest BCUT2D eigenvalue weighted by atomic mass is 16.5. The first kappa shape index (κ1) is 11.4. The molecule has 88 valence electrons. The fourth-order valence-electron chi connectivity index (χ4n) is 1.41. The normalized spacial score (nSPS) is 10.0. The standard InChI is InChI=1S/C13H15N3O/c1-3-10-8-14-13(15-9-10)16-11-4-6-12(17-2)7-5-11/h4-9H,3H2,1-2H3,(H,14,15,16). The first-order valence-corrected chi connectivity index (χ1v) is 5.54. The van der Waals surface area contributed by atoms with Crippen molar-refractivity contribution in [3.05, 3.63) is 42.2 Å². The van der Waals surface area contributed by atoms with Crippen molar-refractivity contribution >= 4 is 11.6 Å². The number of methoxy groups -OCH3 is 1. The van der Waals surface area contributed by atoms with Crippen LogP contribution >= 0.6 is 0 Å². The van der Waals surface area contributed by atoms with E-state index < -0.39 is 0 Å². The van der Waals surface area contributed by atoms with E-state index in [0.29, 0.717) is 5.95 Å². The van der Waals surface area contributed by atoms with Crippen molar-refractivity contribution in [3.63, 3.8) is 0 Å². The van der Waals surface area contributed by atoms with Crippen molar-refractivity contribution in [2.45, 2.75) is 13.3 Å². The van der Waals surface area contributed by atoms with Crippen LogP contribution in [0.5, 0.6) is 5.75 Å². The van der Waals surface area contributed by atoms with Gasteiger partial charge in [0.05, 0.1) is 7.11 Å². The summed E-state index contributed by atoms with van der Waals surface area (Å²) >= 11 is 0. The quantitative estimate of drug-likeness (QED) is 0.875. The molecule has 2 rings (SSSR count). The molecular formula is C13H15N3O. The number of hydrogen-bond donors (Lipinski definition) is 1. The van der Waals surface area contributed by atoms with Gasteiger partial charge in [-0.2, -0.15) is 0 Å². The highest BCUT2D eigenvalue weighted by molar-refractivity contribution is 5.54. The molecule has 0 spiro atoms. The molecule has 1 N–H and O–H groups in total. The molecule has 2 aromatic rings. The van der Waals surface area contributed by atoms with Gasteiger partial charge in [-0.05, 0) is 36.2 Å². The molecule has 4 heteroatoms. The lowest BCUT2D eigenvalue weighted by molar-refractivity contribution is 0.415. The maximum Gasteiger partial charge on any atom is 0.227 e. The van der Waals surface area contributed by atoms with Gasteiger partial charge in [0.15, 0.2) is 0 Å². The number of anilines is 2. The topological polar surface area (TPSA) is 47.0 Å². The Kier molecular flexibility index (Phi) is 3.55. The Balaban J connectivity index is 2.08. The number of hydrogen-bond acceptors (Lipinski definition) is 4. The molecular weight excluding hydrogens is 214 g/mol. The second kappa shape index (κ2) is 5.30. The molecule has 0 aliphatic carbocycles. The van der Waals surface area contributed by atoms with Gasteiger partial charge in [0.2, 0.25) is 5.95 Å². The monoisotopic (exact) mass is 229 g/mol. The lowest BCUT2D eigenvalue weighted by Gasteiger charge is -2.05. The minimum atomic E-state index is 0.604. The van der Waals surface area contributed by atoms with E-state index in [4.69, 9.17) is 4.74 Å². The van der Waals surface area contributed by atoms with Gasteiger partial charge in [-0.25, -0.2) is 9.97 Å². The van der Waals surface area contributed by atoms with Gasteiger partial charge in [-0.1, -0.05) is 6.92 Å². The summed E-state index contributed by atoms with van der Waals surface area (Å²) in [6.07, 6.45) is 4.61. The minimum absolute atomic E-state index is 0.604. The maximum atomic E-state index is 5.09. The molecule has 0 aliphatic rings. The SMILES string of the molecule is CCc1cnc(Nc2ccc(OC)cc2)nc1. The van der Waals surface area contributed by atoms with E-state index in [-0.39, 0.29) is 0 Å². The van der Waals surface area contributed by atoms with Gasteiger partial charge >= 0.3 is 0 Å². The summed E-state index contributed by atoms with van der Waals surface area (Å²) < 4.78 is 5.09. The Morgan fingerprint density at radius 1 is 1.12 bits per heavy atom. The Morgan fingerprint density at radius 3 is 2.29 bits per heavy atom. The summed E-state index contributed by atoms with van der Waals surface area (Å²) in [5, 5.41) is 3.13. The molecule has 17 heavy (non-hydrogen) atoms. The predicted molar refractivity (Wildman–Crippen MR) is 67.7 cm³/mol. The second-order valence-corrected chi connectivity index (χ2v) is 3.62. The van der Waals surface area contributed by atoms with Crippen LogP contribution in [0.2, 0.25) is 0 Å². The van der Waals surface area contributed by atoms with Gasteiger partial charge in [-0.3, -0.25) is 0 Å². The molecule has 0 unspecified atom stereocenters. The van der Waals surface area contributed by atoms with Crippen LogP contribution in [0.3, 0.4) is 0 Å². The number of rotatable bonds is 4. The summed E-state index contributed by atoms with van der Waals surface area (Å²) in [5.74, 6) is 1.44. The van der Waals surface area contributed by atoms with E-state index >= 15 is 0 Å². The third kappa shape index (κ3) is 2.93. The number of aryl methyl sites for hydroxylation is 1. The second-order valence-electron chi connectivity index (χ2n) is 3.62. The fourth-order valence-corrected chi connectivity index (χ4v) is 1.41. The van der Waals surface area contributed by atoms with Gasteiger partial charge in [0, 0.05) is 18.1 Å². The summed E-state index contributed by atoms with van der Waals surface area (Å²) in [7, 11) is 1.65. The summed E-state index contributed by atoms with van der Waals surface area (Å²) in [4.78, 5) is 8.47. The number of ether oxygens (including phenoxy) is 1. The zero-order valence-electron chi connectivity index (χ0n) is 9.97. The van der Waals surface area contributed by atoms with E-state index in [1.807, 2.05) is 36.7 Å². The van der Waals surface area contributed by atoms with Crippen molar-refractivity contribution in [3.8, 4) is 5.75 Å². The molecule has 1 aromatic carbocycles. The molecule has 1 heterocycles. The molecule has 0 amide bonds. The third-order valence-corrected chi connectivity index (χ3v) is 2.46. The third-order valence-electron chi connectivity index (χ3n) is 2.46. The van der Waals surface area contributed by atoms with Crippen LogP contribution in [0.4, 0.5) is 11.6 Å². The smallest absolute Gasteiger partial charge is 0.227 e. The van der Waals surface area contributed by atoms with Crippen LogP contribution < -0.4 is 10.1 Å². The highest BCUT2D eigenvalue weighted by Crippen LogP contribution is 2.17. The molecule has 0 saturated heterocycles. The van der Waals surface area contributed by atoms with Crippen LogP contribution in [0, 0.1) is 0 Å². The van der Waals surface area contributed by atoms with E-state index in [2.05, 4.69) is 22.2 Å². The van der Waals surface area contributed by atoms with Gasteiger partial charge in [0.25, 0.3) is 0 Å². The predicted octanol–water partition coefficient (Wildman–Crippen LogP) is 2.79. The van der Waals surface area contributed by atoms with Crippen molar-refractivity contribution in [2.75, 3.05) is 12.4 Å². The van der Waals surface area contributed by atoms with E-state index in [0.717, 1.165) is 23.4 Å². The Labute approximate surface area is 101 Å². The molecule has 1 aromatic heterocycles. The van der Waals surface area contributed by atoms with Gasteiger partial charge in [0.1, 0.15) is 5.75 Å². The van der Waals surface area contributed by atoms with Crippen LogP contribution in [0.15, 0.2) is 36.7 Å². The van der Waals surface area contributed by atoms with Crippen molar-refractivity contribution in [2.24, 2.45) is 0 Å². The number of benzene rings is 1. The molecule has 0 bridgehead atoms. The Hall–Kier alpha value is -2.10. The van der Waals surface area contributed by atoms with Crippen LogP contribution in [0.25, 0.3) is 0 Å². The van der Waals surface area contributed by atoms with Crippen LogP contribution in [-0.2, 0) is 6.42 Å².